The van der Waals surface area contributed by atoms with E-state index in [0.29, 0.717) is 11.5 Å². The van der Waals surface area contributed by atoms with Gasteiger partial charge in [-0.15, -0.1) is 0 Å². The Morgan fingerprint density at radius 1 is 1.12 bits per heavy atom. The van der Waals surface area contributed by atoms with E-state index in [1.807, 2.05) is 24.1 Å². The number of hydrogen-bond acceptors (Lipinski definition) is 4. The van der Waals surface area contributed by atoms with Gasteiger partial charge in [0.2, 0.25) is 0 Å². The van der Waals surface area contributed by atoms with Crippen molar-refractivity contribution in [2.45, 2.75) is 25.2 Å². The molecule has 138 valence electrons. The van der Waals surface area contributed by atoms with Crippen LogP contribution in [0.15, 0.2) is 48.7 Å². The number of benzene rings is 1. The van der Waals surface area contributed by atoms with Crippen LogP contribution >= 0.6 is 0 Å². The predicted molar refractivity (Wildman–Crippen MR) is 106 cm³/mol. The third kappa shape index (κ3) is 4.82. The molecule has 0 unspecified atom stereocenters. The summed E-state index contributed by atoms with van der Waals surface area (Å²) < 4.78 is 0. The van der Waals surface area contributed by atoms with Gasteiger partial charge in [0, 0.05) is 32.4 Å². The van der Waals surface area contributed by atoms with Crippen LogP contribution in [0.2, 0.25) is 0 Å². The van der Waals surface area contributed by atoms with E-state index in [2.05, 4.69) is 45.9 Å². The Balaban J connectivity index is 1.58. The number of likely N-dealkylation sites (N-methyl/N-ethyl adjacent to an activating group) is 1. The lowest BCUT2D eigenvalue weighted by atomic mass is 9.92. The van der Waals surface area contributed by atoms with Crippen molar-refractivity contribution in [2.24, 2.45) is 0 Å². The number of carbonyl (C=O) groups excluding carboxylic acids is 1. The van der Waals surface area contributed by atoms with Crippen LogP contribution in [0.3, 0.4) is 0 Å². The van der Waals surface area contributed by atoms with Gasteiger partial charge in [0.25, 0.3) is 5.91 Å². The van der Waals surface area contributed by atoms with Gasteiger partial charge < -0.3 is 15.5 Å². The van der Waals surface area contributed by atoms with Gasteiger partial charge in [0.1, 0.15) is 5.82 Å². The lowest BCUT2D eigenvalue weighted by molar-refractivity contribution is 0.0760. The summed E-state index contributed by atoms with van der Waals surface area (Å²) in [6.07, 6.45) is 4.89. The molecule has 1 fully saturated rings. The Hall–Kier alpha value is -2.40. The van der Waals surface area contributed by atoms with Crippen molar-refractivity contribution in [2.75, 3.05) is 38.5 Å². The molecule has 1 atom stereocenters. The van der Waals surface area contributed by atoms with E-state index in [0.717, 1.165) is 51.3 Å². The van der Waals surface area contributed by atoms with Crippen molar-refractivity contribution in [1.82, 2.24) is 15.2 Å². The van der Waals surface area contributed by atoms with E-state index < -0.39 is 0 Å². The molecule has 1 aromatic carbocycles. The first-order valence-electron chi connectivity index (χ1n) is 9.46. The van der Waals surface area contributed by atoms with Crippen LogP contribution in [0.25, 0.3) is 0 Å². The molecule has 0 saturated carbocycles. The predicted octanol–water partition coefficient (Wildman–Crippen LogP) is 3.12. The van der Waals surface area contributed by atoms with Crippen molar-refractivity contribution in [1.29, 1.82) is 0 Å². The monoisotopic (exact) mass is 352 g/mol. The molecule has 2 aromatic rings. The quantitative estimate of drug-likeness (QED) is 0.784. The molecule has 2 heterocycles. The topological polar surface area (TPSA) is 57.3 Å². The molecule has 0 spiro atoms. The van der Waals surface area contributed by atoms with Crippen molar-refractivity contribution < 1.29 is 4.79 Å². The molecule has 5 heteroatoms. The number of rotatable bonds is 6. The first-order chi connectivity index (χ1) is 12.8. The fourth-order valence-corrected chi connectivity index (χ4v) is 3.48. The number of likely N-dealkylation sites (tertiary alicyclic amines) is 1. The summed E-state index contributed by atoms with van der Waals surface area (Å²) in [5, 5.41) is 6.31. The average molecular weight is 352 g/mol. The van der Waals surface area contributed by atoms with E-state index in [-0.39, 0.29) is 5.91 Å². The van der Waals surface area contributed by atoms with Crippen LogP contribution in [0, 0.1) is 0 Å². The SMILES string of the molecule is CNCCNc1ccc(C(=O)N2CCC[C@H](c3ccccc3)CC2)cn1. The molecule has 1 aliphatic heterocycles. The zero-order valence-corrected chi connectivity index (χ0v) is 15.4. The van der Waals surface area contributed by atoms with Crippen molar-refractivity contribution in [3.63, 3.8) is 0 Å². The summed E-state index contributed by atoms with van der Waals surface area (Å²) in [5.41, 5.74) is 2.06. The molecule has 0 bridgehead atoms. The van der Waals surface area contributed by atoms with Gasteiger partial charge in [0.05, 0.1) is 5.56 Å². The van der Waals surface area contributed by atoms with E-state index in [1.165, 1.54) is 5.56 Å². The Morgan fingerprint density at radius 2 is 1.96 bits per heavy atom. The van der Waals surface area contributed by atoms with Crippen molar-refractivity contribution >= 4 is 11.7 Å². The number of amides is 1. The minimum Gasteiger partial charge on any atom is -0.369 e. The number of nitrogens with one attached hydrogen (secondary N) is 2. The third-order valence-electron chi connectivity index (χ3n) is 4.98. The maximum absolute atomic E-state index is 12.8. The maximum atomic E-state index is 12.8. The van der Waals surface area contributed by atoms with Crippen molar-refractivity contribution in [3.8, 4) is 0 Å². The second kappa shape index (κ2) is 9.34. The second-order valence-corrected chi connectivity index (χ2v) is 6.79. The van der Waals surface area contributed by atoms with Crippen LogP contribution in [0.1, 0.15) is 41.1 Å². The standard InChI is InChI=1S/C21H28N4O/c1-22-12-13-23-20-10-9-19(16-24-20)21(26)25-14-5-8-18(11-15-25)17-6-3-2-4-7-17/h2-4,6-7,9-10,16,18,22H,5,8,11-15H2,1H3,(H,23,24)/t18-/m0/s1. The first kappa shape index (κ1) is 18.4. The Kier molecular flexibility index (Phi) is 6.61. The highest BCUT2D eigenvalue weighted by Crippen LogP contribution is 2.28. The van der Waals surface area contributed by atoms with E-state index in [4.69, 9.17) is 0 Å². The number of aromatic nitrogens is 1. The molecule has 1 saturated heterocycles. The molecule has 1 amide bonds. The summed E-state index contributed by atoms with van der Waals surface area (Å²) >= 11 is 0. The molecule has 2 N–H and O–H groups in total. The fraction of sp³-hybridized carbons (Fsp3) is 0.429. The summed E-state index contributed by atoms with van der Waals surface area (Å²) in [4.78, 5) is 19.2. The highest BCUT2D eigenvalue weighted by Gasteiger charge is 2.22. The summed E-state index contributed by atoms with van der Waals surface area (Å²) in [5.74, 6) is 1.44. The molecule has 26 heavy (non-hydrogen) atoms. The van der Waals surface area contributed by atoms with Gasteiger partial charge in [-0.2, -0.15) is 0 Å². The van der Waals surface area contributed by atoms with Gasteiger partial charge in [-0.25, -0.2) is 4.98 Å². The summed E-state index contributed by atoms with van der Waals surface area (Å²) in [6, 6.07) is 14.4. The Labute approximate surface area is 155 Å². The highest BCUT2D eigenvalue weighted by atomic mass is 16.2. The van der Waals surface area contributed by atoms with Gasteiger partial charge >= 0.3 is 0 Å². The lowest BCUT2D eigenvalue weighted by Gasteiger charge is -2.21. The van der Waals surface area contributed by atoms with E-state index in [1.54, 1.807) is 6.20 Å². The van der Waals surface area contributed by atoms with Gasteiger partial charge in [0.15, 0.2) is 0 Å². The first-order valence-corrected chi connectivity index (χ1v) is 9.46. The zero-order valence-electron chi connectivity index (χ0n) is 15.4. The van der Waals surface area contributed by atoms with E-state index in [9.17, 15) is 4.79 Å². The van der Waals surface area contributed by atoms with Crippen LogP contribution in [-0.4, -0.2) is 49.0 Å². The van der Waals surface area contributed by atoms with E-state index >= 15 is 0 Å². The Morgan fingerprint density at radius 3 is 2.69 bits per heavy atom. The average Bonchev–Trinajstić information content (AvgIpc) is 2.95. The van der Waals surface area contributed by atoms with Crippen LogP contribution in [-0.2, 0) is 0 Å². The number of carbonyl (C=O) groups is 1. The summed E-state index contributed by atoms with van der Waals surface area (Å²) in [7, 11) is 1.92. The van der Waals surface area contributed by atoms with Gasteiger partial charge in [-0.05, 0) is 49.9 Å². The molecule has 0 radical (unpaired) electrons. The molecular formula is C21H28N4O. The minimum absolute atomic E-state index is 0.0907. The number of hydrogen-bond donors (Lipinski definition) is 2. The third-order valence-corrected chi connectivity index (χ3v) is 4.98. The molecule has 0 aliphatic carbocycles. The molecule has 3 rings (SSSR count). The smallest absolute Gasteiger partial charge is 0.255 e. The van der Waals surface area contributed by atoms with Crippen LogP contribution < -0.4 is 10.6 Å². The van der Waals surface area contributed by atoms with Gasteiger partial charge in [-0.3, -0.25) is 4.79 Å². The van der Waals surface area contributed by atoms with Crippen LogP contribution in [0.5, 0.6) is 0 Å². The Bertz CT molecular complexity index is 687. The lowest BCUT2D eigenvalue weighted by Crippen LogP contribution is -2.32. The number of nitrogens with zero attached hydrogens (tertiary/aromatic N) is 2. The normalized spacial score (nSPS) is 17.6. The molecular weight excluding hydrogens is 324 g/mol. The molecule has 1 aliphatic rings. The summed E-state index contributed by atoms with van der Waals surface area (Å²) in [6.45, 7) is 3.31. The van der Waals surface area contributed by atoms with Crippen LogP contribution in [0.4, 0.5) is 5.82 Å². The molecule has 5 nitrogen and oxygen atoms in total. The fourth-order valence-electron chi connectivity index (χ4n) is 3.48. The molecule has 1 aromatic heterocycles. The maximum Gasteiger partial charge on any atom is 0.255 e. The second-order valence-electron chi connectivity index (χ2n) is 6.79. The number of pyridine rings is 1. The zero-order chi connectivity index (χ0) is 18.2. The number of anilines is 1. The largest absolute Gasteiger partial charge is 0.369 e. The highest BCUT2D eigenvalue weighted by molar-refractivity contribution is 5.94. The van der Waals surface area contributed by atoms with Gasteiger partial charge in [-0.1, -0.05) is 30.3 Å². The minimum atomic E-state index is 0.0907. The van der Waals surface area contributed by atoms with Crippen molar-refractivity contribution in [3.05, 3.63) is 59.8 Å².